The summed E-state index contributed by atoms with van der Waals surface area (Å²) in [5, 5.41) is 3.67. The maximum atomic E-state index is 4.26. The number of imidazole rings is 1. The van der Waals surface area contributed by atoms with Crippen molar-refractivity contribution in [1.82, 2.24) is 14.9 Å². The van der Waals surface area contributed by atoms with E-state index in [1.807, 2.05) is 12.5 Å². The summed E-state index contributed by atoms with van der Waals surface area (Å²) in [5.74, 6) is 0. The molecule has 2 rings (SSSR count). The summed E-state index contributed by atoms with van der Waals surface area (Å²) < 4.78 is 2.74. The second-order valence-corrected chi connectivity index (χ2v) is 6.90. The lowest BCUT2D eigenvalue weighted by molar-refractivity contribution is 0.377. The van der Waals surface area contributed by atoms with Crippen LogP contribution in [0.25, 0.3) is 0 Å². The molecule has 0 atom stereocenters. The number of aromatic nitrogens is 2. The predicted molar refractivity (Wildman–Crippen MR) is 83.6 cm³/mol. The second kappa shape index (κ2) is 7.34. The summed E-state index contributed by atoms with van der Waals surface area (Å²) in [7, 11) is 0. The maximum absolute atomic E-state index is 4.26. The van der Waals surface area contributed by atoms with Crippen molar-refractivity contribution in [3.8, 4) is 0 Å². The Morgan fingerprint density at radius 3 is 2.84 bits per heavy atom. The third-order valence-electron chi connectivity index (χ3n) is 4.21. The highest BCUT2D eigenvalue weighted by atomic mass is 32.2. The van der Waals surface area contributed by atoms with Crippen LogP contribution in [0.2, 0.25) is 0 Å². The average molecular weight is 281 g/mol. The van der Waals surface area contributed by atoms with Gasteiger partial charge in [0.2, 0.25) is 0 Å². The first-order valence-electron chi connectivity index (χ1n) is 7.54. The van der Waals surface area contributed by atoms with Crippen LogP contribution in [0.3, 0.4) is 0 Å². The van der Waals surface area contributed by atoms with E-state index in [9.17, 15) is 0 Å². The van der Waals surface area contributed by atoms with Gasteiger partial charge >= 0.3 is 0 Å². The molecule has 0 radical (unpaired) electrons. The SMILES string of the molecule is CCCn1cncc1CNCC1(SC)CCCCC1. The van der Waals surface area contributed by atoms with Crippen LogP contribution in [-0.4, -0.2) is 27.1 Å². The molecule has 3 nitrogen and oxygen atoms in total. The summed E-state index contributed by atoms with van der Waals surface area (Å²) in [6.45, 7) is 5.36. The van der Waals surface area contributed by atoms with E-state index in [-0.39, 0.29) is 0 Å². The van der Waals surface area contributed by atoms with Crippen molar-refractivity contribution in [2.45, 2.75) is 63.3 Å². The first-order valence-corrected chi connectivity index (χ1v) is 8.77. The minimum absolute atomic E-state index is 0.480. The topological polar surface area (TPSA) is 29.9 Å². The third kappa shape index (κ3) is 3.99. The Morgan fingerprint density at radius 2 is 2.16 bits per heavy atom. The van der Waals surface area contributed by atoms with E-state index in [1.54, 1.807) is 0 Å². The summed E-state index contributed by atoms with van der Waals surface area (Å²) in [6.07, 6.45) is 14.3. The molecule has 0 amide bonds. The van der Waals surface area contributed by atoms with Crippen molar-refractivity contribution in [2.24, 2.45) is 0 Å². The highest BCUT2D eigenvalue weighted by Crippen LogP contribution is 2.37. The van der Waals surface area contributed by atoms with Gasteiger partial charge in [0.15, 0.2) is 0 Å². The highest BCUT2D eigenvalue weighted by Gasteiger charge is 2.30. The van der Waals surface area contributed by atoms with Gasteiger partial charge in [-0.3, -0.25) is 0 Å². The van der Waals surface area contributed by atoms with Gasteiger partial charge in [-0.2, -0.15) is 11.8 Å². The van der Waals surface area contributed by atoms with Crippen molar-refractivity contribution in [2.75, 3.05) is 12.8 Å². The number of hydrogen-bond acceptors (Lipinski definition) is 3. The van der Waals surface area contributed by atoms with Crippen LogP contribution in [0.5, 0.6) is 0 Å². The van der Waals surface area contributed by atoms with Crippen molar-refractivity contribution in [3.63, 3.8) is 0 Å². The van der Waals surface area contributed by atoms with Gasteiger partial charge in [-0.1, -0.05) is 26.2 Å². The van der Waals surface area contributed by atoms with Crippen LogP contribution in [0.4, 0.5) is 0 Å². The van der Waals surface area contributed by atoms with Gasteiger partial charge in [0.1, 0.15) is 0 Å². The predicted octanol–water partition coefficient (Wildman–Crippen LogP) is 3.45. The van der Waals surface area contributed by atoms with Crippen LogP contribution < -0.4 is 5.32 Å². The van der Waals surface area contributed by atoms with Crippen molar-refractivity contribution in [1.29, 1.82) is 0 Å². The molecule has 1 fully saturated rings. The van der Waals surface area contributed by atoms with Crippen LogP contribution in [-0.2, 0) is 13.1 Å². The Hall–Kier alpha value is -0.480. The van der Waals surface area contributed by atoms with Crippen LogP contribution in [0.15, 0.2) is 12.5 Å². The molecule has 1 aliphatic rings. The summed E-state index contributed by atoms with van der Waals surface area (Å²) in [5.41, 5.74) is 1.31. The van der Waals surface area contributed by atoms with Gasteiger partial charge in [0, 0.05) is 30.6 Å². The zero-order valence-electron chi connectivity index (χ0n) is 12.3. The fraction of sp³-hybridized carbons (Fsp3) is 0.800. The van der Waals surface area contributed by atoms with Crippen molar-refractivity contribution < 1.29 is 0 Å². The van der Waals surface area contributed by atoms with Crippen LogP contribution >= 0.6 is 11.8 Å². The molecule has 0 aliphatic heterocycles. The summed E-state index contributed by atoms with van der Waals surface area (Å²) in [6, 6.07) is 0. The fourth-order valence-electron chi connectivity index (χ4n) is 3.01. The smallest absolute Gasteiger partial charge is 0.0948 e. The summed E-state index contributed by atoms with van der Waals surface area (Å²) in [4.78, 5) is 4.26. The number of thioether (sulfide) groups is 1. The zero-order chi connectivity index (χ0) is 13.6. The largest absolute Gasteiger partial charge is 0.333 e. The highest BCUT2D eigenvalue weighted by molar-refractivity contribution is 8.00. The molecule has 0 spiro atoms. The maximum Gasteiger partial charge on any atom is 0.0948 e. The monoisotopic (exact) mass is 281 g/mol. The van der Waals surface area contributed by atoms with E-state index in [2.05, 4.69) is 39.8 Å². The van der Waals surface area contributed by atoms with E-state index < -0.39 is 0 Å². The van der Waals surface area contributed by atoms with Gasteiger partial charge in [0.05, 0.1) is 12.0 Å². The Balaban J connectivity index is 1.83. The number of hydrogen-bond donors (Lipinski definition) is 1. The second-order valence-electron chi connectivity index (χ2n) is 5.63. The number of aryl methyl sites for hydroxylation is 1. The molecular weight excluding hydrogens is 254 g/mol. The molecule has 1 aromatic heterocycles. The molecule has 1 aliphatic carbocycles. The van der Waals surface area contributed by atoms with E-state index >= 15 is 0 Å². The number of rotatable bonds is 7. The average Bonchev–Trinajstić information content (AvgIpc) is 2.88. The van der Waals surface area contributed by atoms with Gasteiger partial charge in [-0.05, 0) is 25.5 Å². The minimum Gasteiger partial charge on any atom is -0.333 e. The lowest BCUT2D eigenvalue weighted by Gasteiger charge is -2.36. The first kappa shape index (κ1) is 14.9. The minimum atomic E-state index is 0.480. The lowest BCUT2D eigenvalue weighted by Crippen LogP contribution is -2.39. The third-order valence-corrected chi connectivity index (χ3v) is 5.63. The molecule has 0 unspecified atom stereocenters. The fourth-order valence-corrected chi connectivity index (χ4v) is 3.95. The molecular formula is C15H27N3S. The first-order chi connectivity index (χ1) is 9.29. The molecule has 1 aromatic rings. The normalized spacial score (nSPS) is 18.6. The molecule has 1 saturated carbocycles. The molecule has 4 heteroatoms. The molecule has 19 heavy (non-hydrogen) atoms. The van der Waals surface area contributed by atoms with Gasteiger partial charge in [-0.15, -0.1) is 0 Å². The van der Waals surface area contributed by atoms with Gasteiger partial charge in [0.25, 0.3) is 0 Å². The van der Waals surface area contributed by atoms with E-state index in [1.165, 1.54) is 37.8 Å². The van der Waals surface area contributed by atoms with E-state index in [4.69, 9.17) is 0 Å². The molecule has 0 saturated heterocycles. The Bertz CT molecular complexity index is 369. The Labute approximate surface area is 121 Å². The number of nitrogens with zero attached hydrogens (tertiary/aromatic N) is 2. The number of nitrogens with one attached hydrogen (secondary N) is 1. The Kier molecular flexibility index (Phi) is 5.76. The molecule has 1 N–H and O–H groups in total. The van der Waals surface area contributed by atoms with Gasteiger partial charge in [-0.25, -0.2) is 4.98 Å². The zero-order valence-corrected chi connectivity index (χ0v) is 13.1. The van der Waals surface area contributed by atoms with E-state index in [0.29, 0.717) is 4.75 Å². The quantitative estimate of drug-likeness (QED) is 0.830. The molecule has 1 heterocycles. The molecule has 0 aromatic carbocycles. The van der Waals surface area contributed by atoms with Crippen LogP contribution in [0.1, 0.15) is 51.1 Å². The van der Waals surface area contributed by atoms with E-state index in [0.717, 1.165) is 26.1 Å². The molecule has 0 bridgehead atoms. The van der Waals surface area contributed by atoms with Crippen molar-refractivity contribution >= 4 is 11.8 Å². The summed E-state index contributed by atoms with van der Waals surface area (Å²) >= 11 is 2.06. The molecule has 108 valence electrons. The van der Waals surface area contributed by atoms with Gasteiger partial charge < -0.3 is 9.88 Å². The lowest BCUT2D eigenvalue weighted by atomic mass is 9.88. The standard InChI is InChI=1S/C15H27N3S/c1-3-9-18-13-17-11-14(18)10-16-12-15(19-2)7-5-4-6-8-15/h11,13,16H,3-10,12H2,1-2H3. The van der Waals surface area contributed by atoms with Crippen LogP contribution in [0, 0.1) is 0 Å². The van der Waals surface area contributed by atoms with Crippen molar-refractivity contribution in [3.05, 3.63) is 18.2 Å². The Morgan fingerprint density at radius 1 is 1.37 bits per heavy atom.